The molecule has 0 unspecified atom stereocenters. The summed E-state index contributed by atoms with van der Waals surface area (Å²) >= 11 is 13.0. The zero-order valence-electron chi connectivity index (χ0n) is 13.5. The van der Waals surface area contributed by atoms with E-state index in [-0.39, 0.29) is 22.9 Å². The Morgan fingerprint density at radius 2 is 1.88 bits per heavy atom. The zero-order chi connectivity index (χ0) is 19.1. The van der Waals surface area contributed by atoms with Gasteiger partial charge < -0.3 is 15.4 Å². The van der Waals surface area contributed by atoms with Crippen LogP contribution in [0.1, 0.15) is 17.8 Å². The van der Waals surface area contributed by atoms with Gasteiger partial charge in [-0.15, -0.1) is 10.2 Å². The summed E-state index contributed by atoms with van der Waals surface area (Å²) in [5.74, 6) is -1.65. The van der Waals surface area contributed by atoms with E-state index in [0.29, 0.717) is 15.8 Å². The van der Waals surface area contributed by atoms with E-state index in [1.807, 2.05) is 0 Å². The van der Waals surface area contributed by atoms with Crippen molar-refractivity contribution >= 4 is 63.1 Å². The van der Waals surface area contributed by atoms with Gasteiger partial charge in [0.1, 0.15) is 5.01 Å². The van der Waals surface area contributed by atoms with Crippen LogP contribution in [0.25, 0.3) is 0 Å². The first-order chi connectivity index (χ1) is 12.3. The van der Waals surface area contributed by atoms with Crippen LogP contribution < -0.4 is 10.6 Å². The van der Waals surface area contributed by atoms with E-state index in [1.165, 1.54) is 11.3 Å². The molecule has 2 aromatic rings. The molecule has 1 aromatic heterocycles. The number of hydrogen-bond donors (Lipinski definition) is 2. The Labute approximate surface area is 162 Å². The quantitative estimate of drug-likeness (QED) is 0.670. The normalized spacial score (nSPS) is 10.3. The van der Waals surface area contributed by atoms with Gasteiger partial charge in [-0.05, 0) is 19.1 Å². The molecule has 0 radical (unpaired) electrons. The lowest BCUT2D eigenvalue weighted by atomic mass is 10.3. The summed E-state index contributed by atoms with van der Waals surface area (Å²) in [7, 11) is 0. The molecule has 0 bridgehead atoms. The molecular weight excluding hydrogens is 403 g/mol. The molecule has 1 heterocycles. The summed E-state index contributed by atoms with van der Waals surface area (Å²) in [5.41, 5.74) is 0.312. The number of halogens is 2. The zero-order valence-corrected chi connectivity index (χ0v) is 15.9. The molecule has 0 aliphatic rings. The van der Waals surface area contributed by atoms with Gasteiger partial charge in [-0.1, -0.05) is 40.6 Å². The Balaban J connectivity index is 1.70. The fraction of sp³-hybridized carbons (Fsp3) is 0.267. The van der Waals surface area contributed by atoms with Crippen LogP contribution in [0.3, 0.4) is 0 Å². The van der Waals surface area contributed by atoms with E-state index in [4.69, 9.17) is 27.9 Å². The first-order valence-electron chi connectivity index (χ1n) is 7.34. The third-order valence-electron chi connectivity index (χ3n) is 2.92. The molecular formula is C15H14Cl2N4O4S. The van der Waals surface area contributed by atoms with Gasteiger partial charge in [0, 0.05) is 6.42 Å². The SMILES string of the molecule is Cc1nnc(NC(=O)CCC(=O)OCC(=O)Nc2cccc(Cl)c2Cl)s1. The van der Waals surface area contributed by atoms with Gasteiger partial charge in [-0.25, -0.2) is 0 Å². The second-order valence-electron chi connectivity index (χ2n) is 4.98. The van der Waals surface area contributed by atoms with E-state index in [9.17, 15) is 14.4 Å². The molecule has 0 spiro atoms. The highest BCUT2D eigenvalue weighted by molar-refractivity contribution is 7.15. The summed E-state index contributed by atoms with van der Waals surface area (Å²) in [5, 5.41) is 14.1. The van der Waals surface area contributed by atoms with Crippen molar-refractivity contribution in [3.05, 3.63) is 33.3 Å². The van der Waals surface area contributed by atoms with E-state index in [0.717, 1.165) is 0 Å². The standard InChI is InChI=1S/C15H14Cl2N4O4S/c1-8-20-21-15(26-8)19-11(22)5-6-13(24)25-7-12(23)18-10-4-2-3-9(16)14(10)17/h2-4H,5-7H2,1H3,(H,18,23)(H,19,21,22). The maximum Gasteiger partial charge on any atom is 0.306 e. The first kappa shape index (κ1) is 20.1. The van der Waals surface area contributed by atoms with Crippen LogP contribution in [-0.4, -0.2) is 34.6 Å². The minimum atomic E-state index is -0.680. The number of rotatable bonds is 7. The molecule has 0 aliphatic heterocycles. The van der Waals surface area contributed by atoms with Crippen molar-refractivity contribution in [3.8, 4) is 0 Å². The van der Waals surface area contributed by atoms with E-state index >= 15 is 0 Å². The molecule has 2 amide bonds. The molecule has 2 rings (SSSR count). The fourth-order valence-electron chi connectivity index (χ4n) is 1.75. The largest absolute Gasteiger partial charge is 0.456 e. The van der Waals surface area contributed by atoms with Crippen LogP contribution in [-0.2, 0) is 19.1 Å². The number of ether oxygens (including phenoxy) is 1. The highest BCUT2D eigenvalue weighted by Gasteiger charge is 2.13. The van der Waals surface area contributed by atoms with Crippen molar-refractivity contribution in [2.75, 3.05) is 17.2 Å². The van der Waals surface area contributed by atoms with E-state index in [2.05, 4.69) is 20.8 Å². The lowest BCUT2D eigenvalue weighted by molar-refractivity contribution is -0.147. The molecule has 0 atom stereocenters. The van der Waals surface area contributed by atoms with Crippen LogP contribution in [0.5, 0.6) is 0 Å². The maximum absolute atomic E-state index is 11.8. The summed E-state index contributed by atoms with van der Waals surface area (Å²) in [4.78, 5) is 35.1. The second kappa shape index (κ2) is 9.46. The minimum absolute atomic E-state index is 0.0980. The van der Waals surface area contributed by atoms with Crippen molar-refractivity contribution in [2.45, 2.75) is 19.8 Å². The predicted molar refractivity (Wildman–Crippen MR) is 98.6 cm³/mol. The van der Waals surface area contributed by atoms with Crippen LogP contribution in [0.4, 0.5) is 10.8 Å². The lowest BCUT2D eigenvalue weighted by Crippen LogP contribution is -2.22. The van der Waals surface area contributed by atoms with Gasteiger partial charge in [0.15, 0.2) is 6.61 Å². The van der Waals surface area contributed by atoms with Crippen LogP contribution in [0.15, 0.2) is 18.2 Å². The molecule has 0 saturated carbocycles. The number of amides is 2. The minimum Gasteiger partial charge on any atom is -0.456 e. The Morgan fingerprint density at radius 1 is 1.12 bits per heavy atom. The Hall–Kier alpha value is -2.23. The number of carbonyl (C=O) groups excluding carboxylic acids is 3. The molecule has 2 N–H and O–H groups in total. The number of aromatic nitrogens is 2. The summed E-state index contributed by atoms with van der Waals surface area (Å²) < 4.78 is 4.82. The van der Waals surface area contributed by atoms with Gasteiger partial charge in [-0.3, -0.25) is 14.4 Å². The molecule has 0 saturated heterocycles. The predicted octanol–water partition coefficient (Wildman–Crippen LogP) is 3.05. The highest BCUT2D eigenvalue weighted by atomic mass is 35.5. The summed E-state index contributed by atoms with van der Waals surface area (Å²) in [6.07, 6.45) is -0.270. The van der Waals surface area contributed by atoms with Crippen molar-refractivity contribution < 1.29 is 19.1 Å². The molecule has 0 fully saturated rings. The highest BCUT2D eigenvalue weighted by Crippen LogP contribution is 2.29. The Bertz CT molecular complexity index is 828. The number of aryl methyl sites for hydroxylation is 1. The first-order valence-corrected chi connectivity index (χ1v) is 8.92. The number of nitrogens with zero attached hydrogens (tertiary/aromatic N) is 2. The number of anilines is 2. The molecule has 138 valence electrons. The number of carbonyl (C=O) groups is 3. The third kappa shape index (κ3) is 6.25. The van der Waals surface area contributed by atoms with Crippen molar-refractivity contribution in [2.24, 2.45) is 0 Å². The van der Waals surface area contributed by atoms with Gasteiger partial charge in [0.05, 0.1) is 22.2 Å². The average molecular weight is 417 g/mol. The number of hydrogen-bond acceptors (Lipinski definition) is 7. The topological polar surface area (TPSA) is 110 Å². The van der Waals surface area contributed by atoms with E-state index in [1.54, 1.807) is 25.1 Å². The van der Waals surface area contributed by atoms with Gasteiger partial charge >= 0.3 is 5.97 Å². The van der Waals surface area contributed by atoms with Gasteiger partial charge in [-0.2, -0.15) is 0 Å². The molecule has 11 heteroatoms. The molecule has 26 heavy (non-hydrogen) atoms. The number of esters is 1. The lowest BCUT2D eigenvalue weighted by Gasteiger charge is -2.08. The van der Waals surface area contributed by atoms with Crippen LogP contribution in [0.2, 0.25) is 10.0 Å². The molecule has 8 nitrogen and oxygen atoms in total. The number of benzene rings is 1. The Morgan fingerprint density at radius 3 is 2.58 bits per heavy atom. The molecule has 0 aliphatic carbocycles. The smallest absolute Gasteiger partial charge is 0.306 e. The molecule has 1 aromatic carbocycles. The fourth-order valence-corrected chi connectivity index (χ4v) is 2.71. The second-order valence-corrected chi connectivity index (χ2v) is 6.95. The third-order valence-corrected chi connectivity index (χ3v) is 4.49. The Kier molecular flexibility index (Phi) is 7.31. The van der Waals surface area contributed by atoms with Crippen LogP contribution >= 0.6 is 34.5 Å². The maximum atomic E-state index is 11.8. The average Bonchev–Trinajstić information content (AvgIpc) is 3.00. The van der Waals surface area contributed by atoms with Crippen molar-refractivity contribution in [3.63, 3.8) is 0 Å². The van der Waals surface area contributed by atoms with Gasteiger partial charge in [0.2, 0.25) is 11.0 Å². The van der Waals surface area contributed by atoms with E-state index < -0.39 is 24.4 Å². The van der Waals surface area contributed by atoms with Crippen molar-refractivity contribution in [1.29, 1.82) is 0 Å². The van der Waals surface area contributed by atoms with Gasteiger partial charge in [0.25, 0.3) is 5.91 Å². The number of nitrogens with one attached hydrogen (secondary N) is 2. The van der Waals surface area contributed by atoms with Crippen molar-refractivity contribution in [1.82, 2.24) is 10.2 Å². The van der Waals surface area contributed by atoms with Crippen LogP contribution in [0, 0.1) is 6.92 Å². The monoisotopic (exact) mass is 416 g/mol. The summed E-state index contributed by atoms with van der Waals surface area (Å²) in [6, 6.07) is 4.76. The summed E-state index contributed by atoms with van der Waals surface area (Å²) in [6.45, 7) is 1.26.